The zero-order valence-electron chi connectivity index (χ0n) is 10.9. The number of thiocarbonyl (C=S) groups is 1. The number of nitrogens with zero attached hydrogens (tertiary/aromatic N) is 1. The molecule has 0 radical (unpaired) electrons. The van der Waals surface area contributed by atoms with Gasteiger partial charge in [0.05, 0.1) is 10.5 Å². The van der Waals surface area contributed by atoms with Gasteiger partial charge < -0.3 is 11.1 Å². The van der Waals surface area contributed by atoms with Crippen molar-refractivity contribution in [3.63, 3.8) is 0 Å². The molecule has 1 amide bonds. The van der Waals surface area contributed by atoms with Crippen molar-refractivity contribution in [1.82, 2.24) is 10.3 Å². The summed E-state index contributed by atoms with van der Waals surface area (Å²) in [6, 6.07) is 5.27. The molecule has 0 spiro atoms. The second kappa shape index (κ2) is 6.10. The van der Waals surface area contributed by atoms with Crippen molar-refractivity contribution >= 4 is 23.1 Å². The minimum Gasteiger partial charge on any atom is -0.391 e. The summed E-state index contributed by atoms with van der Waals surface area (Å²) >= 11 is 5.20. The SMILES string of the molecule is NC(=S)C1(NC(=O)c2ccccn2)CCCCCC1. The molecule has 1 aromatic heterocycles. The first-order chi connectivity index (χ1) is 9.14. The number of nitrogens with two attached hydrogens (primary N) is 1. The Kier molecular flexibility index (Phi) is 4.47. The lowest BCUT2D eigenvalue weighted by Crippen LogP contribution is -2.56. The van der Waals surface area contributed by atoms with Crippen molar-refractivity contribution in [2.75, 3.05) is 0 Å². The molecular formula is C14H19N3OS. The van der Waals surface area contributed by atoms with E-state index in [0.29, 0.717) is 10.7 Å². The quantitative estimate of drug-likeness (QED) is 0.656. The molecular weight excluding hydrogens is 258 g/mol. The van der Waals surface area contributed by atoms with E-state index in [2.05, 4.69) is 10.3 Å². The third-order valence-electron chi connectivity index (χ3n) is 3.68. The second-order valence-corrected chi connectivity index (χ2v) is 5.47. The maximum Gasteiger partial charge on any atom is 0.270 e. The Balaban J connectivity index is 2.17. The summed E-state index contributed by atoms with van der Waals surface area (Å²) in [5.74, 6) is -0.199. The molecule has 0 unspecified atom stereocenters. The van der Waals surface area contributed by atoms with Gasteiger partial charge in [0.25, 0.3) is 5.91 Å². The fraction of sp³-hybridized carbons (Fsp3) is 0.500. The molecule has 1 heterocycles. The maximum atomic E-state index is 12.2. The molecule has 0 atom stereocenters. The van der Waals surface area contributed by atoms with Gasteiger partial charge in [0, 0.05) is 6.20 Å². The summed E-state index contributed by atoms with van der Waals surface area (Å²) < 4.78 is 0. The van der Waals surface area contributed by atoms with Gasteiger partial charge in [0.15, 0.2) is 0 Å². The molecule has 1 aliphatic carbocycles. The van der Waals surface area contributed by atoms with Crippen molar-refractivity contribution in [3.05, 3.63) is 30.1 Å². The van der Waals surface area contributed by atoms with Gasteiger partial charge in [-0.05, 0) is 25.0 Å². The van der Waals surface area contributed by atoms with E-state index in [1.54, 1.807) is 24.4 Å². The normalized spacial score (nSPS) is 18.3. The highest BCUT2D eigenvalue weighted by molar-refractivity contribution is 7.80. The Labute approximate surface area is 118 Å². The molecule has 0 saturated heterocycles. The topological polar surface area (TPSA) is 68.0 Å². The highest BCUT2D eigenvalue weighted by Gasteiger charge is 2.35. The molecule has 102 valence electrons. The van der Waals surface area contributed by atoms with Crippen LogP contribution in [0.2, 0.25) is 0 Å². The molecule has 3 N–H and O–H groups in total. The van der Waals surface area contributed by atoms with Crippen LogP contribution in [-0.4, -0.2) is 21.4 Å². The predicted molar refractivity (Wildman–Crippen MR) is 78.9 cm³/mol. The minimum absolute atomic E-state index is 0.199. The van der Waals surface area contributed by atoms with Crippen LogP contribution < -0.4 is 11.1 Å². The first-order valence-corrected chi connectivity index (χ1v) is 7.08. The summed E-state index contributed by atoms with van der Waals surface area (Å²) in [6.07, 6.45) is 7.67. The summed E-state index contributed by atoms with van der Waals surface area (Å²) in [5.41, 5.74) is 5.76. The van der Waals surface area contributed by atoms with Crippen molar-refractivity contribution < 1.29 is 4.79 Å². The van der Waals surface area contributed by atoms with Crippen LogP contribution in [0, 0.1) is 0 Å². The lowest BCUT2D eigenvalue weighted by atomic mass is 9.90. The Hall–Kier alpha value is -1.49. The Morgan fingerprint density at radius 3 is 2.47 bits per heavy atom. The maximum absolute atomic E-state index is 12.2. The second-order valence-electron chi connectivity index (χ2n) is 5.03. The average molecular weight is 277 g/mol. The number of rotatable bonds is 3. The molecule has 1 saturated carbocycles. The van der Waals surface area contributed by atoms with Gasteiger partial charge >= 0.3 is 0 Å². The minimum atomic E-state index is -0.541. The number of carbonyl (C=O) groups excluding carboxylic acids is 1. The Morgan fingerprint density at radius 2 is 1.95 bits per heavy atom. The number of carbonyl (C=O) groups is 1. The van der Waals surface area contributed by atoms with E-state index in [4.69, 9.17) is 18.0 Å². The molecule has 0 bridgehead atoms. The number of hydrogen-bond donors (Lipinski definition) is 2. The molecule has 4 nitrogen and oxygen atoms in total. The van der Waals surface area contributed by atoms with Crippen LogP contribution in [0.1, 0.15) is 49.0 Å². The first kappa shape index (κ1) is 13.9. The van der Waals surface area contributed by atoms with E-state index in [-0.39, 0.29) is 5.91 Å². The van der Waals surface area contributed by atoms with Gasteiger partial charge in [-0.2, -0.15) is 0 Å². The van der Waals surface area contributed by atoms with Crippen molar-refractivity contribution in [2.45, 2.75) is 44.1 Å². The van der Waals surface area contributed by atoms with Crippen molar-refractivity contribution in [3.8, 4) is 0 Å². The summed E-state index contributed by atoms with van der Waals surface area (Å²) in [5, 5.41) is 3.02. The number of aromatic nitrogens is 1. The fourth-order valence-electron chi connectivity index (χ4n) is 2.54. The van der Waals surface area contributed by atoms with Crippen LogP contribution in [-0.2, 0) is 0 Å². The van der Waals surface area contributed by atoms with E-state index in [9.17, 15) is 4.79 Å². The van der Waals surface area contributed by atoms with E-state index >= 15 is 0 Å². The monoisotopic (exact) mass is 277 g/mol. The van der Waals surface area contributed by atoms with Crippen molar-refractivity contribution in [1.29, 1.82) is 0 Å². The van der Waals surface area contributed by atoms with E-state index in [1.165, 1.54) is 12.8 Å². The van der Waals surface area contributed by atoms with Crippen LogP contribution >= 0.6 is 12.2 Å². The number of pyridine rings is 1. The molecule has 19 heavy (non-hydrogen) atoms. The molecule has 0 aliphatic heterocycles. The third-order valence-corrected chi connectivity index (χ3v) is 4.07. The summed E-state index contributed by atoms with van der Waals surface area (Å²) in [4.78, 5) is 16.7. The molecule has 1 fully saturated rings. The fourth-order valence-corrected chi connectivity index (χ4v) is 2.80. The van der Waals surface area contributed by atoms with Gasteiger partial charge in [-0.3, -0.25) is 9.78 Å². The standard InChI is InChI=1S/C14H19N3OS/c15-13(19)14(8-4-1-2-5-9-14)17-12(18)11-7-3-6-10-16-11/h3,6-7,10H,1-2,4-5,8-9H2,(H2,15,19)(H,17,18). The molecule has 2 rings (SSSR count). The molecule has 5 heteroatoms. The van der Waals surface area contributed by atoms with Gasteiger partial charge in [-0.25, -0.2) is 0 Å². The number of amides is 1. The average Bonchev–Trinajstić information content (AvgIpc) is 2.66. The number of nitrogens with one attached hydrogen (secondary N) is 1. The van der Waals surface area contributed by atoms with Crippen LogP contribution in [0.3, 0.4) is 0 Å². The van der Waals surface area contributed by atoms with Crippen LogP contribution in [0.4, 0.5) is 0 Å². The van der Waals surface area contributed by atoms with Gasteiger partial charge in [0.2, 0.25) is 0 Å². The van der Waals surface area contributed by atoms with Crippen LogP contribution in [0.5, 0.6) is 0 Å². The van der Waals surface area contributed by atoms with Gasteiger partial charge in [-0.1, -0.05) is 44.0 Å². The van der Waals surface area contributed by atoms with Crippen LogP contribution in [0.25, 0.3) is 0 Å². The lowest BCUT2D eigenvalue weighted by Gasteiger charge is -2.32. The zero-order valence-corrected chi connectivity index (χ0v) is 11.7. The number of hydrogen-bond acceptors (Lipinski definition) is 3. The zero-order chi connectivity index (χ0) is 13.7. The largest absolute Gasteiger partial charge is 0.391 e. The smallest absolute Gasteiger partial charge is 0.270 e. The summed E-state index contributed by atoms with van der Waals surface area (Å²) in [7, 11) is 0. The summed E-state index contributed by atoms with van der Waals surface area (Å²) in [6.45, 7) is 0. The first-order valence-electron chi connectivity index (χ1n) is 6.67. The Morgan fingerprint density at radius 1 is 1.26 bits per heavy atom. The highest BCUT2D eigenvalue weighted by Crippen LogP contribution is 2.27. The van der Waals surface area contributed by atoms with E-state index in [1.807, 2.05) is 0 Å². The van der Waals surface area contributed by atoms with Crippen molar-refractivity contribution in [2.24, 2.45) is 5.73 Å². The predicted octanol–water partition coefficient (Wildman–Crippen LogP) is 2.19. The molecule has 0 aromatic carbocycles. The third kappa shape index (κ3) is 3.29. The van der Waals surface area contributed by atoms with Gasteiger partial charge in [0.1, 0.15) is 5.69 Å². The molecule has 1 aromatic rings. The van der Waals surface area contributed by atoms with E-state index < -0.39 is 5.54 Å². The lowest BCUT2D eigenvalue weighted by molar-refractivity contribution is 0.0912. The molecule has 1 aliphatic rings. The Bertz CT molecular complexity index is 453. The van der Waals surface area contributed by atoms with Gasteiger partial charge in [-0.15, -0.1) is 0 Å². The van der Waals surface area contributed by atoms with E-state index in [0.717, 1.165) is 25.7 Å². The van der Waals surface area contributed by atoms with Crippen LogP contribution in [0.15, 0.2) is 24.4 Å². The highest BCUT2D eigenvalue weighted by atomic mass is 32.1.